The lowest BCUT2D eigenvalue weighted by molar-refractivity contribution is -0.0136. The Hall–Kier alpha value is -1.51. The molecule has 3 heteroatoms. The van der Waals surface area contributed by atoms with Crippen LogP contribution in [0.1, 0.15) is 95.2 Å². The highest BCUT2D eigenvalue weighted by atomic mass is 16.2. The van der Waals surface area contributed by atoms with Crippen LogP contribution in [0.2, 0.25) is 0 Å². The number of carbonyl (C=O) groups is 1. The molecule has 0 unspecified atom stereocenters. The van der Waals surface area contributed by atoms with Crippen LogP contribution in [0.25, 0.3) is 0 Å². The number of urea groups is 1. The first kappa shape index (κ1) is 18.8. The molecular formula is C24H36N2O. The van der Waals surface area contributed by atoms with Gasteiger partial charge in [-0.25, -0.2) is 4.79 Å². The zero-order valence-electron chi connectivity index (χ0n) is 17.3. The SMILES string of the molecule is CC[C@@H](C)c1ccc([C@@H](CC)NC(=O)NC23CC4CC(CC(C4)C2)C3)cc1. The molecule has 0 aliphatic heterocycles. The predicted molar refractivity (Wildman–Crippen MR) is 111 cm³/mol. The van der Waals surface area contributed by atoms with Crippen LogP contribution in [-0.2, 0) is 0 Å². The van der Waals surface area contributed by atoms with E-state index < -0.39 is 0 Å². The van der Waals surface area contributed by atoms with Crippen molar-refractivity contribution in [3.05, 3.63) is 35.4 Å². The lowest BCUT2D eigenvalue weighted by Crippen LogP contribution is -2.61. The molecule has 0 radical (unpaired) electrons. The molecular weight excluding hydrogens is 332 g/mol. The molecule has 27 heavy (non-hydrogen) atoms. The molecule has 148 valence electrons. The van der Waals surface area contributed by atoms with E-state index in [4.69, 9.17) is 0 Å². The van der Waals surface area contributed by atoms with Crippen molar-refractivity contribution in [2.75, 3.05) is 0 Å². The van der Waals surface area contributed by atoms with Gasteiger partial charge in [-0.05, 0) is 86.2 Å². The summed E-state index contributed by atoms with van der Waals surface area (Å²) in [4.78, 5) is 12.9. The molecule has 5 rings (SSSR count). The van der Waals surface area contributed by atoms with Crippen molar-refractivity contribution < 1.29 is 4.79 Å². The monoisotopic (exact) mass is 368 g/mol. The molecule has 2 amide bonds. The molecule has 4 aliphatic carbocycles. The lowest BCUT2D eigenvalue weighted by atomic mass is 9.53. The first-order valence-electron chi connectivity index (χ1n) is 11.2. The minimum Gasteiger partial charge on any atom is -0.333 e. The normalized spacial score (nSPS) is 33.5. The van der Waals surface area contributed by atoms with Gasteiger partial charge in [0, 0.05) is 5.54 Å². The third-order valence-corrected chi connectivity index (χ3v) is 7.65. The number of rotatable bonds is 6. The van der Waals surface area contributed by atoms with Crippen molar-refractivity contribution in [1.29, 1.82) is 0 Å². The van der Waals surface area contributed by atoms with Gasteiger partial charge in [0.1, 0.15) is 0 Å². The van der Waals surface area contributed by atoms with E-state index in [-0.39, 0.29) is 17.6 Å². The Kier molecular flexibility index (Phi) is 5.22. The summed E-state index contributed by atoms with van der Waals surface area (Å²) in [5.74, 6) is 3.15. The molecule has 1 aromatic rings. The van der Waals surface area contributed by atoms with Crippen molar-refractivity contribution in [1.82, 2.24) is 10.6 Å². The van der Waals surface area contributed by atoms with Crippen molar-refractivity contribution in [2.24, 2.45) is 17.8 Å². The van der Waals surface area contributed by atoms with Crippen LogP contribution in [0.3, 0.4) is 0 Å². The van der Waals surface area contributed by atoms with Gasteiger partial charge in [0.15, 0.2) is 0 Å². The number of benzene rings is 1. The molecule has 0 saturated heterocycles. The molecule has 4 aliphatic rings. The quantitative estimate of drug-likeness (QED) is 0.643. The van der Waals surface area contributed by atoms with E-state index in [1.807, 2.05) is 0 Å². The van der Waals surface area contributed by atoms with Gasteiger partial charge in [-0.3, -0.25) is 0 Å². The smallest absolute Gasteiger partial charge is 0.315 e. The Labute approximate surface area is 164 Å². The summed E-state index contributed by atoms with van der Waals surface area (Å²) in [5, 5.41) is 6.72. The van der Waals surface area contributed by atoms with E-state index in [1.165, 1.54) is 49.7 Å². The van der Waals surface area contributed by atoms with Gasteiger partial charge < -0.3 is 10.6 Å². The molecule has 2 atom stereocenters. The van der Waals surface area contributed by atoms with Gasteiger partial charge in [0.05, 0.1) is 6.04 Å². The van der Waals surface area contributed by atoms with Crippen molar-refractivity contribution >= 4 is 6.03 Å². The van der Waals surface area contributed by atoms with E-state index in [0.29, 0.717) is 5.92 Å². The maximum Gasteiger partial charge on any atom is 0.315 e. The summed E-state index contributed by atoms with van der Waals surface area (Å²) in [6, 6.07) is 8.97. The predicted octanol–water partition coefficient (Wildman–Crippen LogP) is 5.92. The number of hydrogen-bond donors (Lipinski definition) is 2. The zero-order valence-corrected chi connectivity index (χ0v) is 17.3. The molecule has 4 saturated carbocycles. The van der Waals surface area contributed by atoms with Gasteiger partial charge in [0.2, 0.25) is 0 Å². The minimum atomic E-state index is 0.0369. The summed E-state index contributed by atoms with van der Waals surface area (Å²) in [6.45, 7) is 6.64. The molecule has 0 spiro atoms. The van der Waals surface area contributed by atoms with Gasteiger partial charge in [-0.2, -0.15) is 0 Å². The highest BCUT2D eigenvalue weighted by Crippen LogP contribution is 2.55. The van der Waals surface area contributed by atoms with E-state index in [2.05, 4.69) is 55.7 Å². The van der Waals surface area contributed by atoms with Crippen molar-refractivity contribution in [2.45, 2.75) is 89.6 Å². The standard InChI is InChI=1S/C24H36N2O/c1-4-16(3)20-6-8-21(9-7-20)22(5-2)25-23(27)26-24-13-17-10-18(14-24)12-19(11-17)15-24/h6-9,16-19,22H,4-5,10-15H2,1-3H3,(H2,25,26,27)/t16-,17?,18?,19?,22-,24?/m1/s1. The molecule has 3 nitrogen and oxygen atoms in total. The molecule has 0 aromatic heterocycles. The first-order chi connectivity index (χ1) is 13.0. The second-order valence-electron chi connectivity index (χ2n) is 9.73. The molecule has 4 fully saturated rings. The molecule has 2 N–H and O–H groups in total. The highest BCUT2D eigenvalue weighted by molar-refractivity contribution is 5.75. The topological polar surface area (TPSA) is 41.1 Å². The maximum absolute atomic E-state index is 12.9. The first-order valence-corrected chi connectivity index (χ1v) is 11.2. The number of hydrogen-bond acceptors (Lipinski definition) is 1. The number of amides is 2. The molecule has 1 aromatic carbocycles. The zero-order chi connectivity index (χ0) is 19.0. The summed E-state index contributed by atoms with van der Waals surface area (Å²) < 4.78 is 0. The fourth-order valence-corrected chi connectivity index (χ4v) is 6.41. The Balaban J connectivity index is 1.39. The second kappa shape index (κ2) is 7.48. The Morgan fingerprint density at radius 2 is 1.48 bits per heavy atom. The summed E-state index contributed by atoms with van der Waals surface area (Å²) in [7, 11) is 0. The Morgan fingerprint density at radius 1 is 0.963 bits per heavy atom. The third kappa shape index (κ3) is 3.88. The average Bonchev–Trinajstić information content (AvgIpc) is 2.64. The molecule has 4 bridgehead atoms. The van der Waals surface area contributed by atoms with Crippen molar-refractivity contribution in [3.8, 4) is 0 Å². The van der Waals surface area contributed by atoms with Crippen LogP contribution < -0.4 is 10.6 Å². The van der Waals surface area contributed by atoms with E-state index in [9.17, 15) is 4.79 Å². The van der Waals surface area contributed by atoms with Gasteiger partial charge in [-0.1, -0.05) is 45.0 Å². The number of nitrogens with one attached hydrogen (secondary N) is 2. The maximum atomic E-state index is 12.9. The van der Waals surface area contributed by atoms with Crippen LogP contribution in [0, 0.1) is 17.8 Å². The van der Waals surface area contributed by atoms with Crippen LogP contribution in [0.5, 0.6) is 0 Å². The Morgan fingerprint density at radius 3 is 1.96 bits per heavy atom. The summed E-state index contributed by atoms with van der Waals surface area (Å²) >= 11 is 0. The van der Waals surface area contributed by atoms with E-state index >= 15 is 0 Å². The van der Waals surface area contributed by atoms with Crippen LogP contribution in [0.15, 0.2) is 24.3 Å². The van der Waals surface area contributed by atoms with Crippen molar-refractivity contribution in [3.63, 3.8) is 0 Å². The van der Waals surface area contributed by atoms with Gasteiger partial charge >= 0.3 is 6.03 Å². The van der Waals surface area contributed by atoms with Gasteiger partial charge in [-0.15, -0.1) is 0 Å². The summed E-state index contributed by atoms with van der Waals surface area (Å²) in [5.41, 5.74) is 2.68. The second-order valence-corrected chi connectivity index (χ2v) is 9.73. The van der Waals surface area contributed by atoms with Crippen LogP contribution in [0.4, 0.5) is 4.79 Å². The largest absolute Gasteiger partial charge is 0.333 e. The highest BCUT2D eigenvalue weighted by Gasteiger charge is 2.51. The summed E-state index contributed by atoms with van der Waals surface area (Å²) in [6.07, 6.45) is 9.89. The van der Waals surface area contributed by atoms with E-state index in [1.54, 1.807) is 0 Å². The molecule has 0 heterocycles. The van der Waals surface area contributed by atoms with Gasteiger partial charge in [0.25, 0.3) is 0 Å². The number of carbonyl (C=O) groups excluding carboxylic acids is 1. The lowest BCUT2D eigenvalue weighted by Gasteiger charge is -2.56. The fourth-order valence-electron chi connectivity index (χ4n) is 6.41. The Bertz CT molecular complexity index is 630. The van der Waals surface area contributed by atoms with Crippen LogP contribution in [-0.4, -0.2) is 11.6 Å². The third-order valence-electron chi connectivity index (χ3n) is 7.65. The average molecular weight is 369 g/mol. The fraction of sp³-hybridized carbons (Fsp3) is 0.708. The van der Waals surface area contributed by atoms with Crippen LogP contribution >= 0.6 is 0 Å². The van der Waals surface area contributed by atoms with E-state index in [0.717, 1.165) is 30.6 Å². The minimum absolute atomic E-state index is 0.0369.